The number of fused-ring (bicyclic) bond motifs is 2. The average molecular weight is 295 g/mol. The lowest BCUT2D eigenvalue weighted by Gasteiger charge is -2.07. The molecule has 1 aliphatic heterocycles. The van der Waals surface area contributed by atoms with E-state index in [-0.39, 0.29) is 11.6 Å². The van der Waals surface area contributed by atoms with Crippen LogP contribution in [0.3, 0.4) is 0 Å². The van der Waals surface area contributed by atoms with Crippen molar-refractivity contribution in [2.45, 2.75) is 6.92 Å². The molecule has 6 heteroatoms. The highest BCUT2D eigenvalue weighted by atomic mass is 32.1. The van der Waals surface area contributed by atoms with Crippen LogP contribution in [0.4, 0.5) is 5.13 Å². The molecule has 0 saturated heterocycles. The lowest BCUT2D eigenvalue weighted by atomic mass is 10.2. The monoisotopic (exact) mass is 295 g/mol. The summed E-state index contributed by atoms with van der Waals surface area (Å²) >= 11 is 1.33. The summed E-state index contributed by atoms with van der Waals surface area (Å²) in [5.74, 6) is -0.773. The SMILES string of the molecule is Cc1ccc2nc(N3C(=O)c4cccnc4C3=O)sc2c1. The molecule has 102 valence electrons. The van der Waals surface area contributed by atoms with Crippen molar-refractivity contribution in [1.82, 2.24) is 9.97 Å². The Labute approximate surface area is 123 Å². The van der Waals surface area contributed by atoms with Gasteiger partial charge in [0.15, 0.2) is 0 Å². The van der Waals surface area contributed by atoms with E-state index >= 15 is 0 Å². The first-order valence-corrected chi connectivity index (χ1v) is 7.18. The van der Waals surface area contributed by atoms with Gasteiger partial charge < -0.3 is 0 Å². The molecule has 2 amide bonds. The van der Waals surface area contributed by atoms with Gasteiger partial charge in [-0.3, -0.25) is 14.6 Å². The van der Waals surface area contributed by atoms with E-state index in [1.807, 2.05) is 25.1 Å². The maximum atomic E-state index is 12.4. The lowest BCUT2D eigenvalue weighted by molar-refractivity contribution is 0.0924. The number of anilines is 1. The van der Waals surface area contributed by atoms with E-state index in [0.717, 1.165) is 20.7 Å². The fourth-order valence-corrected chi connectivity index (χ4v) is 3.42. The zero-order valence-corrected chi connectivity index (χ0v) is 11.8. The molecule has 3 heterocycles. The molecule has 21 heavy (non-hydrogen) atoms. The van der Waals surface area contributed by atoms with Crippen LogP contribution in [0, 0.1) is 6.92 Å². The van der Waals surface area contributed by atoms with Gasteiger partial charge in [-0.15, -0.1) is 0 Å². The van der Waals surface area contributed by atoms with Gasteiger partial charge in [-0.2, -0.15) is 0 Å². The predicted octanol–water partition coefficient (Wildman–Crippen LogP) is 2.80. The summed E-state index contributed by atoms with van der Waals surface area (Å²) in [6.45, 7) is 1.99. The molecule has 0 radical (unpaired) electrons. The van der Waals surface area contributed by atoms with Gasteiger partial charge in [-0.25, -0.2) is 9.88 Å². The Balaban J connectivity index is 1.86. The van der Waals surface area contributed by atoms with E-state index in [9.17, 15) is 9.59 Å². The summed E-state index contributed by atoms with van der Waals surface area (Å²) in [7, 11) is 0. The van der Waals surface area contributed by atoms with Crippen LogP contribution in [-0.4, -0.2) is 21.8 Å². The van der Waals surface area contributed by atoms with E-state index in [4.69, 9.17) is 0 Å². The number of thiazole rings is 1. The Morgan fingerprint density at radius 3 is 2.81 bits per heavy atom. The van der Waals surface area contributed by atoms with Gasteiger partial charge in [0.2, 0.25) is 5.13 Å². The molecule has 0 saturated carbocycles. The number of rotatable bonds is 1. The molecule has 3 aromatic rings. The van der Waals surface area contributed by atoms with Crippen LogP contribution in [0.25, 0.3) is 10.2 Å². The van der Waals surface area contributed by atoms with Gasteiger partial charge in [0.05, 0.1) is 15.8 Å². The minimum atomic E-state index is -0.411. The average Bonchev–Trinajstić information content (AvgIpc) is 2.99. The van der Waals surface area contributed by atoms with Crippen LogP contribution in [0.2, 0.25) is 0 Å². The highest BCUT2D eigenvalue weighted by Crippen LogP contribution is 2.33. The van der Waals surface area contributed by atoms with Crippen molar-refractivity contribution in [2.24, 2.45) is 0 Å². The topological polar surface area (TPSA) is 63.2 Å². The summed E-state index contributed by atoms with van der Waals surface area (Å²) in [5, 5.41) is 0.392. The molecule has 0 bridgehead atoms. The molecule has 5 nitrogen and oxygen atoms in total. The van der Waals surface area contributed by atoms with Gasteiger partial charge >= 0.3 is 0 Å². The number of pyridine rings is 1. The summed E-state index contributed by atoms with van der Waals surface area (Å²) in [4.78, 5) is 34.2. The highest BCUT2D eigenvalue weighted by molar-refractivity contribution is 7.22. The second-order valence-electron chi connectivity index (χ2n) is 4.81. The Morgan fingerprint density at radius 2 is 2.00 bits per heavy atom. The number of imide groups is 1. The Kier molecular flexibility index (Phi) is 2.43. The fraction of sp³-hybridized carbons (Fsp3) is 0.0667. The molecule has 0 unspecified atom stereocenters. The number of hydrogen-bond acceptors (Lipinski definition) is 5. The number of carbonyl (C=O) groups is 2. The summed E-state index contributed by atoms with van der Waals surface area (Å²) in [6.07, 6.45) is 1.51. The largest absolute Gasteiger partial charge is 0.286 e. The summed E-state index contributed by atoms with van der Waals surface area (Å²) in [6, 6.07) is 9.10. The summed E-state index contributed by atoms with van der Waals surface area (Å²) in [5.41, 5.74) is 2.42. The molecule has 0 N–H and O–H groups in total. The fourth-order valence-electron chi connectivity index (χ4n) is 2.36. The molecule has 0 fully saturated rings. The van der Waals surface area contributed by atoms with E-state index in [1.54, 1.807) is 12.1 Å². The standard InChI is InChI=1S/C15H9N3O2S/c1-8-4-5-10-11(7-8)21-15(17-10)18-13(19)9-3-2-6-16-12(9)14(18)20/h2-7H,1H3. The van der Waals surface area contributed by atoms with Crippen LogP contribution in [0.1, 0.15) is 26.4 Å². The van der Waals surface area contributed by atoms with Gasteiger partial charge in [0.25, 0.3) is 11.8 Å². The smallest absolute Gasteiger partial charge is 0.268 e. The molecule has 1 aromatic carbocycles. The summed E-state index contributed by atoms with van der Waals surface area (Å²) < 4.78 is 0.953. The maximum Gasteiger partial charge on any atom is 0.286 e. The molecule has 2 aromatic heterocycles. The quantitative estimate of drug-likeness (QED) is 0.648. The van der Waals surface area contributed by atoms with Crippen LogP contribution in [0.15, 0.2) is 36.5 Å². The first-order chi connectivity index (χ1) is 10.1. The number of hydrogen-bond donors (Lipinski definition) is 0. The van der Waals surface area contributed by atoms with Crippen molar-refractivity contribution in [1.29, 1.82) is 0 Å². The first kappa shape index (κ1) is 12.2. The van der Waals surface area contributed by atoms with Gasteiger partial charge in [0, 0.05) is 6.20 Å². The normalized spacial score (nSPS) is 14.0. The number of carbonyl (C=O) groups excluding carboxylic acids is 2. The van der Waals surface area contributed by atoms with E-state index in [2.05, 4.69) is 9.97 Å². The van der Waals surface area contributed by atoms with Crippen molar-refractivity contribution in [3.05, 3.63) is 53.3 Å². The first-order valence-electron chi connectivity index (χ1n) is 6.36. The minimum Gasteiger partial charge on any atom is -0.268 e. The van der Waals surface area contributed by atoms with Crippen LogP contribution < -0.4 is 4.90 Å². The molecule has 4 rings (SSSR count). The van der Waals surface area contributed by atoms with E-state index in [1.165, 1.54) is 17.5 Å². The number of aryl methyl sites for hydroxylation is 1. The van der Waals surface area contributed by atoms with E-state index < -0.39 is 5.91 Å². The zero-order chi connectivity index (χ0) is 14.6. The molecule has 0 aliphatic carbocycles. The molecular weight excluding hydrogens is 286 g/mol. The molecule has 1 aliphatic rings. The molecule has 0 spiro atoms. The van der Waals surface area contributed by atoms with E-state index in [0.29, 0.717) is 10.7 Å². The number of aromatic nitrogens is 2. The van der Waals surface area contributed by atoms with Crippen molar-refractivity contribution in [3.8, 4) is 0 Å². The third kappa shape index (κ3) is 1.69. The third-order valence-electron chi connectivity index (χ3n) is 3.37. The maximum absolute atomic E-state index is 12.4. The van der Waals surface area contributed by atoms with Crippen LogP contribution in [-0.2, 0) is 0 Å². The predicted molar refractivity (Wildman–Crippen MR) is 79.7 cm³/mol. The second-order valence-corrected chi connectivity index (χ2v) is 5.82. The number of amides is 2. The van der Waals surface area contributed by atoms with Gasteiger partial charge in [-0.1, -0.05) is 17.4 Å². The molecule has 0 atom stereocenters. The van der Waals surface area contributed by atoms with Crippen molar-refractivity contribution in [2.75, 3.05) is 4.90 Å². The van der Waals surface area contributed by atoms with Crippen molar-refractivity contribution < 1.29 is 9.59 Å². The minimum absolute atomic E-state index is 0.193. The lowest BCUT2D eigenvalue weighted by Crippen LogP contribution is -2.29. The van der Waals surface area contributed by atoms with Crippen LogP contribution >= 0.6 is 11.3 Å². The second kappa shape index (κ2) is 4.20. The van der Waals surface area contributed by atoms with Crippen molar-refractivity contribution >= 4 is 38.5 Å². The molecular formula is C15H9N3O2S. The Hall–Kier alpha value is -2.60. The van der Waals surface area contributed by atoms with Gasteiger partial charge in [-0.05, 0) is 36.8 Å². The third-order valence-corrected chi connectivity index (χ3v) is 4.37. The number of benzene rings is 1. The number of nitrogens with zero attached hydrogens (tertiary/aromatic N) is 3. The van der Waals surface area contributed by atoms with Crippen LogP contribution in [0.5, 0.6) is 0 Å². The van der Waals surface area contributed by atoms with Gasteiger partial charge in [0.1, 0.15) is 5.69 Å². The Morgan fingerprint density at radius 1 is 1.14 bits per heavy atom. The highest BCUT2D eigenvalue weighted by Gasteiger charge is 2.39. The Bertz CT molecular complexity index is 881. The zero-order valence-electron chi connectivity index (χ0n) is 11.0. The van der Waals surface area contributed by atoms with Crippen molar-refractivity contribution in [3.63, 3.8) is 0 Å².